The second kappa shape index (κ2) is 7.13. The number of nitrogens with one attached hydrogen (secondary N) is 1. The third-order valence-corrected chi connectivity index (χ3v) is 3.33. The van der Waals surface area contributed by atoms with Crippen LogP contribution in [-0.2, 0) is 12.7 Å². The lowest BCUT2D eigenvalue weighted by Gasteiger charge is -2.15. The molecule has 1 aromatic rings. The number of aliphatic hydroxyl groups excluding tert-OH is 1. The van der Waals surface area contributed by atoms with Crippen LogP contribution in [0, 0.1) is 0 Å². The fraction of sp³-hybridized carbons (Fsp3) is 0.600. The van der Waals surface area contributed by atoms with Gasteiger partial charge in [-0.15, -0.1) is 0 Å². The van der Waals surface area contributed by atoms with E-state index in [1.807, 2.05) is 0 Å². The summed E-state index contributed by atoms with van der Waals surface area (Å²) in [5.74, 6) is -0.143. The van der Waals surface area contributed by atoms with Crippen molar-refractivity contribution >= 4 is 0 Å². The molecule has 6 heteroatoms. The van der Waals surface area contributed by atoms with Gasteiger partial charge in [0.2, 0.25) is 0 Å². The summed E-state index contributed by atoms with van der Waals surface area (Å²) < 4.78 is 44.4. The van der Waals surface area contributed by atoms with E-state index in [-0.39, 0.29) is 19.0 Å². The maximum atomic E-state index is 13.1. The summed E-state index contributed by atoms with van der Waals surface area (Å²) in [5.41, 5.74) is -0.126. The van der Waals surface area contributed by atoms with Crippen molar-refractivity contribution in [3.63, 3.8) is 0 Å². The quantitative estimate of drug-likeness (QED) is 0.725. The van der Waals surface area contributed by atoms with Crippen LogP contribution < -0.4 is 10.1 Å². The first-order valence-corrected chi connectivity index (χ1v) is 7.18. The first-order chi connectivity index (χ1) is 10.0. The van der Waals surface area contributed by atoms with Crippen molar-refractivity contribution in [1.29, 1.82) is 0 Å². The normalized spacial score (nSPS) is 15.2. The van der Waals surface area contributed by atoms with Gasteiger partial charge in [0.25, 0.3) is 0 Å². The molecular formula is C15H20F3NO2. The van der Waals surface area contributed by atoms with E-state index in [0.29, 0.717) is 31.0 Å². The van der Waals surface area contributed by atoms with Crippen molar-refractivity contribution in [1.82, 2.24) is 5.32 Å². The minimum atomic E-state index is -4.43. The summed E-state index contributed by atoms with van der Waals surface area (Å²) in [7, 11) is 0. The van der Waals surface area contributed by atoms with Gasteiger partial charge in [0, 0.05) is 19.2 Å². The van der Waals surface area contributed by atoms with Gasteiger partial charge in [0.1, 0.15) is 5.75 Å². The molecule has 0 heterocycles. The van der Waals surface area contributed by atoms with Gasteiger partial charge in [-0.2, -0.15) is 13.2 Å². The maximum absolute atomic E-state index is 13.1. The highest BCUT2D eigenvalue weighted by Gasteiger charge is 2.34. The number of unbranched alkanes of at least 4 members (excludes halogenated alkanes) is 1. The highest BCUT2D eigenvalue weighted by molar-refractivity contribution is 5.39. The zero-order chi connectivity index (χ0) is 15.3. The molecule has 0 amide bonds. The second-order valence-corrected chi connectivity index (χ2v) is 5.26. The zero-order valence-electron chi connectivity index (χ0n) is 11.7. The van der Waals surface area contributed by atoms with E-state index in [4.69, 9.17) is 9.84 Å². The van der Waals surface area contributed by atoms with Crippen LogP contribution >= 0.6 is 0 Å². The molecule has 1 aliphatic rings. The number of rotatable bonds is 8. The van der Waals surface area contributed by atoms with Gasteiger partial charge in [0.05, 0.1) is 12.2 Å². The summed E-state index contributed by atoms with van der Waals surface area (Å²) in [4.78, 5) is 0. The van der Waals surface area contributed by atoms with Crippen LogP contribution in [0.4, 0.5) is 13.2 Å². The Labute approximate surface area is 122 Å². The first kappa shape index (κ1) is 16.1. The number of hydrogen-bond acceptors (Lipinski definition) is 3. The average molecular weight is 303 g/mol. The summed E-state index contributed by atoms with van der Waals surface area (Å²) in [5, 5.41) is 11.8. The Morgan fingerprint density at radius 1 is 1.24 bits per heavy atom. The number of ether oxygens (including phenoxy) is 1. The lowest BCUT2D eigenvalue weighted by molar-refractivity contribution is -0.139. The lowest BCUT2D eigenvalue weighted by atomic mass is 10.1. The molecule has 0 aromatic heterocycles. The van der Waals surface area contributed by atoms with Crippen LogP contribution in [0.3, 0.4) is 0 Å². The van der Waals surface area contributed by atoms with E-state index in [2.05, 4.69) is 5.32 Å². The standard InChI is InChI=1S/C15H20F3NO2/c16-15(17,18)13-9-11(10-19-12-4-5-12)3-6-14(13)21-8-2-1-7-20/h3,6,9,12,19-20H,1-2,4-5,7-8,10H2. The van der Waals surface area contributed by atoms with Crippen LogP contribution in [0.2, 0.25) is 0 Å². The Bertz CT molecular complexity index is 459. The third-order valence-electron chi connectivity index (χ3n) is 3.33. The van der Waals surface area contributed by atoms with Crippen molar-refractivity contribution in [3.05, 3.63) is 29.3 Å². The Balaban J connectivity index is 2.03. The number of benzene rings is 1. The molecule has 21 heavy (non-hydrogen) atoms. The fourth-order valence-corrected chi connectivity index (χ4v) is 1.98. The van der Waals surface area contributed by atoms with Crippen molar-refractivity contribution in [3.8, 4) is 5.75 Å². The maximum Gasteiger partial charge on any atom is 0.419 e. The van der Waals surface area contributed by atoms with Crippen molar-refractivity contribution in [2.45, 2.75) is 44.4 Å². The molecule has 0 bridgehead atoms. The molecule has 0 aliphatic heterocycles. The molecule has 0 spiro atoms. The highest BCUT2D eigenvalue weighted by atomic mass is 19.4. The molecule has 0 unspecified atom stereocenters. The summed E-state index contributed by atoms with van der Waals surface area (Å²) in [6.07, 6.45) is -1.19. The minimum absolute atomic E-state index is 0.0151. The van der Waals surface area contributed by atoms with E-state index >= 15 is 0 Å². The van der Waals surface area contributed by atoms with Gasteiger partial charge in [0.15, 0.2) is 0 Å². The Hall–Kier alpha value is -1.27. The van der Waals surface area contributed by atoms with Gasteiger partial charge in [-0.3, -0.25) is 0 Å². The third kappa shape index (κ3) is 5.21. The zero-order valence-corrected chi connectivity index (χ0v) is 11.7. The predicted molar refractivity (Wildman–Crippen MR) is 73.1 cm³/mol. The first-order valence-electron chi connectivity index (χ1n) is 7.18. The van der Waals surface area contributed by atoms with Crippen molar-refractivity contribution < 1.29 is 23.0 Å². The molecule has 0 saturated heterocycles. The van der Waals surface area contributed by atoms with Crippen molar-refractivity contribution in [2.75, 3.05) is 13.2 Å². The number of halogens is 3. The molecule has 118 valence electrons. The summed E-state index contributed by atoms with van der Waals surface area (Å²) in [6, 6.07) is 4.64. The molecule has 1 fully saturated rings. The van der Waals surface area contributed by atoms with E-state index in [0.717, 1.165) is 18.9 Å². The molecule has 0 atom stereocenters. The Kier molecular flexibility index (Phi) is 5.47. The van der Waals surface area contributed by atoms with Gasteiger partial charge >= 0.3 is 6.18 Å². The number of alkyl halides is 3. The Morgan fingerprint density at radius 2 is 2.00 bits per heavy atom. The lowest BCUT2D eigenvalue weighted by Crippen LogP contribution is -2.16. The molecule has 3 nitrogen and oxygen atoms in total. The molecule has 1 aliphatic carbocycles. The molecular weight excluding hydrogens is 283 g/mol. The SMILES string of the molecule is OCCCCOc1ccc(CNC2CC2)cc1C(F)(F)F. The topological polar surface area (TPSA) is 41.5 Å². The molecule has 2 N–H and O–H groups in total. The smallest absolute Gasteiger partial charge is 0.419 e. The van der Waals surface area contributed by atoms with Gasteiger partial charge < -0.3 is 15.2 Å². The van der Waals surface area contributed by atoms with Crippen LogP contribution in [0.15, 0.2) is 18.2 Å². The van der Waals surface area contributed by atoms with E-state index in [9.17, 15) is 13.2 Å². The fourth-order valence-electron chi connectivity index (χ4n) is 1.98. The van der Waals surface area contributed by atoms with E-state index in [1.165, 1.54) is 6.07 Å². The van der Waals surface area contributed by atoms with E-state index < -0.39 is 11.7 Å². The molecule has 0 radical (unpaired) electrons. The van der Waals surface area contributed by atoms with Crippen LogP contribution in [0.1, 0.15) is 36.8 Å². The largest absolute Gasteiger partial charge is 0.493 e. The van der Waals surface area contributed by atoms with Crippen LogP contribution in [0.25, 0.3) is 0 Å². The van der Waals surface area contributed by atoms with Gasteiger partial charge in [-0.05, 0) is 43.4 Å². The number of aliphatic hydroxyl groups is 1. The summed E-state index contributed by atoms with van der Waals surface area (Å²) in [6.45, 7) is 0.628. The van der Waals surface area contributed by atoms with Crippen molar-refractivity contribution in [2.24, 2.45) is 0 Å². The Morgan fingerprint density at radius 3 is 2.62 bits per heavy atom. The monoisotopic (exact) mass is 303 g/mol. The minimum Gasteiger partial charge on any atom is -0.493 e. The van der Waals surface area contributed by atoms with Gasteiger partial charge in [-0.25, -0.2) is 0 Å². The number of hydrogen-bond donors (Lipinski definition) is 2. The van der Waals surface area contributed by atoms with Crippen LogP contribution in [0.5, 0.6) is 5.75 Å². The summed E-state index contributed by atoms with van der Waals surface area (Å²) >= 11 is 0. The molecule has 2 rings (SSSR count). The average Bonchev–Trinajstić information content (AvgIpc) is 3.25. The highest BCUT2D eigenvalue weighted by Crippen LogP contribution is 2.37. The van der Waals surface area contributed by atoms with Crippen LogP contribution in [-0.4, -0.2) is 24.4 Å². The predicted octanol–water partition coefficient (Wildman–Crippen LogP) is 3.11. The second-order valence-electron chi connectivity index (χ2n) is 5.26. The van der Waals surface area contributed by atoms with E-state index in [1.54, 1.807) is 6.07 Å². The molecule has 1 aromatic carbocycles. The molecule has 1 saturated carbocycles. The van der Waals surface area contributed by atoms with Gasteiger partial charge in [-0.1, -0.05) is 6.07 Å².